The molecule has 0 fully saturated rings. The van der Waals surface area contributed by atoms with E-state index in [-0.39, 0.29) is 11.6 Å². The predicted molar refractivity (Wildman–Crippen MR) is 290 cm³/mol. The van der Waals surface area contributed by atoms with Crippen LogP contribution in [0.5, 0.6) is 0 Å². The Balaban J connectivity index is 1.38. The normalized spacial score (nSPS) is 13.0. The largest absolute Gasteiger partial charge is 0.338 e. The first-order valence-electron chi connectivity index (χ1n) is 25.6. The number of hydrogen-bond acceptors (Lipinski definition) is 4. The monoisotopic (exact) mass is 962 g/mol. The Morgan fingerprint density at radius 3 is 1.27 bits per heavy atom. The average Bonchev–Trinajstić information content (AvgIpc) is 4.20. The maximum atomic E-state index is 17.5. The van der Waals surface area contributed by atoms with Crippen LogP contribution in [0, 0.1) is 23.5 Å². The van der Waals surface area contributed by atoms with E-state index >= 15 is 8.78 Å². The molecule has 0 radical (unpaired) electrons. The fourth-order valence-electron chi connectivity index (χ4n) is 10.3. The summed E-state index contributed by atoms with van der Waals surface area (Å²) in [6.45, 7) is 15.3. The lowest BCUT2D eigenvalue weighted by Crippen LogP contribution is -2.10. The molecule has 8 heteroatoms. The molecule has 6 aromatic heterocycles. The zero-order valence-corrected chi connectivity index (χ0v) is 43.8. The van der Waals surface area contributed by atoms with Crippen LogP contribution in [-0.2, 0) is 25.9 Å². The molecule has 66 heavy (non-hydrogen) atoms. The summed E-state index contributed by atoms with van der Waals surface area (Å²) in [5, 5.41) is 6.17. The molecule has 0 aliphatic rings. The van der Waals surface area contributed by atoms with E-state index in [4.69, 9.17) is 0 Å². The average molecular weight is 963 g/mol. The van der Waals surface area contributed by atoms with Crippen molar-refractivity contribution in [2.75, 3.05) is 0 Å². The van der Waals surface area contributed by atoms with Gasteiger partial charge in [-0.25, -0.2) is 8.78 Å². The minimum absolute atomic E-state index is 0.164. The van der Waals surface area contributed by atoms with Crippen LogP contribution in [0.25, 0.3) is 73.2 Å². The van der Waals surface area contributed by atoms with Crippen molar-refractivity contribution in [3.05, 3.63) is 94.2 Å². The molecule has 2 nitrogen and oxygen atoms in total. The maximum Gasteiger partial charge on any atom is 0.132 e. The molecule has 0 saturated carbocycles. The lowest BCUT2D eigenvalue weighted by atomic mass is 9.98. The summed E-state index contributed by atoms with van der Waals surface area (Å²) >= 11 is 7.00. The number of rotatable bonds is 26. The Labute approximate surface area is 410 Å². The third-order valence-corrected chi connectivity index (χ3v) is 18.8. The standard InChI is InChI=1S/C58H72F2N2S4/c1-7-13-17-19-25-41-31-53(51-27-21-29-63-51)65-57(41)43-35-49-45(33-47(43)59)55-56(61(49)37-39(11-5)23-15-9-3)46-34-48(60)44(36-50(46)62(55)38-40(12-6)24-16-10-4)58-42(26-20-18-14-8-2)32-54(66-58)52-28-22-30-64-52/h21-22,27-36,39-40H,7-20,23-26,37-38H2,1-6H3. The summed E-state index contributed by atoms with van der Waals surface area (Å²) in [5.74, 6) is 0.572. The molecule has 2 aromatic carbocycles. The highest BCUT2D eigenvalue weighted by Crippen LogP contribution is 2.48. The highest BCUT2D eigenvalue weighted by atomic mass is 32.1. The molecule has 0 saturated heterocycles. The minimum atomic E-state index is -0.164. The van der Waals surface area contributed by atoms with E-state index in [0.29, 0.717) is 23.0 Å². The Bertz CT molecular complexity index is 2590. The molecule has 0 aliphatic heterocycles. The summed E-state index contributed by atoms with van der Waals surface area (Å²) in [4.78, 5) is 7.03. The number of hydrogen-bond donors (Lipinski definition) is 0. The van der Waals surface area contributed by atoms with Crippen molar-refractivity contribution in [3.63, 3.8) is 0 Å². The summed E-state index contributed by atoms with van der Waals surface area (Å²) in [6.07, 6.45) is 20.3. The molecule has 0 aliphatic carbocycles. The molecular weight excluding hydrogens is 891 g/mol. The Hall–Kier alpha value is -3.56. The van der Waals surface area contributed by atoms with E-state index in [1.165, 1.54) is 82.0 Å². The van der Waals surface area contributed by atoms with Gasteiger partial charge in [-0.1, -0.05) is 131 Å². The van der Waals surface area contributed by atoms with Crippen molar-refractivity contribution in [1.82, 2.24) is 9.13 Å². The quantitative estimate of drug-likeness (QED) is 0.0479. The van der Waals surface area contributed by atoms with Gasteiger partial charge in [0.15, 0.2) is 0 Å². The second-order valence-corrected chi connectivity index (χ2v) is 23.0. The first-order chi connectivity index (χ1) is 32.3. The smallest absolute Gasteiger partial charge is 0.132 e. The van der Waals surface area contributed by atoms with Crippen molar-refractivity contribution in [3.8, 4) is 40.4 Å². The van der Waals surface area contributed by atoms with Crippen molar-refractivity contribution in [1.29, 1.82) is 0 Å². The van der Waals surface area contributed by atoms with E-state index in [1.807, 2.05) is 12.1 Å². The van der Waals surface area contributed by atoms with Gasteiger partial charge in [0.05, 0.1) is 22.1 Å². The highest BCUT2D eigenvalue weighted by molar-refractivity contribution is 7.24. The molecule has 0 bridgehead atoms. The molecule has 0 N–H and O–H groups in total. The van der Waals surface area contributed by atoms with Crippen LogP contribution in [-0.4, -0.2) is 9.13 Å². The fourth-order valence-corrected chi connectivity index (χ4v) is 14.4. The van der Waals surface area contributed by atoms with E-state index < -0.39 is 0 Å². The second kappa shape index (κ2) is 23.2. The first-order valence-corrected chi connectivity index (χ1v) is 29.0. The number of thiophene rings is 4. The van der Waals surface area contributed by atoms with Crippen molar-refractivity contribution in [2.24, 2.45) is 11.8 Å². The number of halogens is 2. The summed E-state index contributed by atoms with van der Waals surface area (Å²) in [5.41, 5.74) is 8.19. The van der Waals surface area contributed by atoms with Crippen LogP contribution in [0.3, 0.4) is 0 Å². The van der Waals surface area contributed by atoms with Crippen LogP contribution >= 0.6 is 45.3 Å². The minimum Gasteiger partial charge on any atom is -0.338 e. The number of benzene rings is 2. The number of fused-ring (bicyclic) bond motifs is 5. The van der Waals surface area contributed by atoms with Gasteiger partial charge in [0, 0.05) is 64.3 Å². The molecule has 0 spiro atoms. The van der Waals surface area contributed by atoms with Crippen LogP contribution in [0.2, 0.25) is 0 Å². The van der Waals surface area contributed by atoms with E-state index in [0.717, 1.165) is 120 Å². The fraction of sp³-hybridized carbons (Fsp3) is 0.483. The molecule has 0 amide bonds. The molecule has 352 valence electrons. The van der Waals surface area contributed by atoms with Gasteiger partial charge in [-0.15, -0.1) is 45.3 Å². The maximum absolute atomic E-state index is 17.5. The third kappa shape index (κ3) is 10.5. The van der Waals surface area contributed by atoms with Gasteiger partial charge in [0.25, 0.3) is 0 Å². The van der Waals surface area contributed by atoms with Crippen LogP contribution in [0.1, 0.15) is 155 Å². The topological polar surface area (TPSA) is 9.86 Å². The van der Waals surface area contributed by atoms with Crippen LogP contribution in [0.4, 0.5) is 8.78 Å². The molecular formula is C58H72F2N2S4. The second-order valence-electron chi connectivity index (χ2n) is 19.0. The predicted octanol–water partition coefficient (Wildman–Crippen LogP) is 20.6. The van der Waals surface area contributed by atoms with Gasteiger partial charge in [0.2, 0.25) is 0 Å². The SMILES string of the molecule is CCCCCCc1cc(-c2cccs2)sc1-c1cc2c(cc1F)c1c(c3cc(F)c(-c4sc(-c5cccs5)cc4CCCCCC)cc3n1CC(CC)CCCC)n2CC(CC)CCCC. The van der Waals surface area contributed by atoms with E-state index in [9.17, 15) is 0 Å². The van der Waals surface area contributed by atoms with Crippen molar-refractivity contribution < 1.29 is 8.78 Å². The van der Waals surface area contributed by atoms with Crippen LogP contribution in [0.15, 0.2) is 71.4 Å². The van der Waals surface area contributed by atoms with Crippen molar-refractivity contribution in [2.45, 2.75) is 170 Å². The lowest BCUT2D eigenvalue weighted by molar-refractivity contribution is 0.399. The molecule has 8 rings (SSSR count). The zero-order chi connectivity index (χ0) is 46.2. The Morgan fingerprint density at radius 2 is 0.909 bits per heavy atom. The molecule has 2 atom stereocenters. The Morgan fingerprint density at radius 1 is 0.485 bits per heavy atom. The molecule has 8 aromatic rings. The summed E-state index contributed by atoms with van der Waals surface area (Å²) < 4.78 is 40.0. The zero-order valence-electron chi connectivity index (χ0n) is 40.5. The first kappa shape index (κ1) is 48.9. The van der Waals surface area contributed by atoms with Gasteiger partial charge in [0.1, 0.15) is 11.6 Å². The van der Waals surface area contributed by atoms with E-state index in [1.54, 1.807) is 45.3 Å². The van der Waals surface area contributed by atoms with Gasteiger partial charge in [-0.05, 0) is 121 Å². The van der Waals surface area contributed by atoms with Gasteiger partial charge >= 0.3 is 0 Å². The van der Waals surface area contributed by atoms with Gasteiger partial charge in [-0.3, -0.25) is 0 Å². The van der Waals surface area contributed by atoms with Gasteiger partial charge in [-0.2, -0.15) is 0 Å². The molecule has 6 heterocycles. The van der Waals surface area contributed by atoms with E-state index in [2.05, 4.69) is 110 Å². The van der Waals surface area contributed by atoms with Crippen molar-refractivity contribution >= 4 is 78.2 Å². The number of nitrogens with zero attached hydrogens (tertiary/aromatic N) is 2. The lowest BCUT2D eigenvalue weighted by Gasteiger charge is -2.18. The number of aromatic nitrogens is 2. The highest BCUT2D eigenvalue weighted by Gasteiger charge is 2.28. The number of unbranched alkanes of at least 4 members (excludes halogenated alkanes) is 8. The van der Waals surface area contributed by atoms with Crippen LogP contribution < -0.4 is 0 Å². The summed E-state index contributed by atoms with van der Waals surface area (Å²) in [7, 11) is 0. The third-order valence-electron chi connectivity index (χ3n) is 14.2. The Kier molecular flexibility index (Phi) is 17.2. The number of aryl methyl sites for hydroxylation is 2. The molecule has 2 unspecified atom stereocenters. The van der Waals surface area contributed by atoms with Gasteiger partial charge < -0.3 is 9.13 Å². The summed E-state index contributed by atoms with van der Waals surface area (Å²) in [6, 6.07) is 21.4.